The summed E-state index contributed by atoms with van der Waals surface area (Å²) in [7, 11) is 0. The number of hydrogen-bond acceptors (Lipinski definition) is 9. The van der Waals surface area contributed by atoms with Crippen molar-refractivity contribution in [1.82, 2.24) is 44.9 Å². The fourth-order valence-electron chi connectivity index (χ4n) is 5.26. The molecule has 0 saturated carbocycles. The van der Waals surface area contributed by atoms with Crippen LogP contribution in [0.3, 0.4) is 0 Å². The normalized spacial score (nSPS) is 24.3. The van der Waals surface area contributed by atoms with Crippen molar-refractivity contribution in [3.05, 3.63) is 108 Å². The Morgan fingerprint density at radius 1 is 1.00 bits per heavy atom. The van der Waals surface area contributed by atoms with Gasteiger partial charge in [0.05, 0.1) is 30.0 Å². The highest BCUT2D eigenvalue weighted by molar-refractivity contribution is 7.03. The van der Waals surface area contributed by atoms with Crippen LogP contribution in [0, 0.1) is 0 Å². The first kappa shape index (κ1) is 19.9. The minimum absolute atomic E-state index is 0.588. The smallest absolute Gasteiger partial charge is 0.186 e. The molecule has 1 saturated heterocycles. The van der Waals surface area contributed by atoms with Crippen LogP contribution in [-0.4, -0.2) is 44.9 Å². The summed E-state index contributed by atoms with van der Waals surface area (Å²) in [5.74, 6) is 1.79. The van der Waals surface area contributed by atoms with E-state index in [1.165, 1.54) is 11.5 Å². The van der Waals surface area contributed by atoms with E-state index in [1.807, 2.05) is 48.0 Å². The molecule has 3 unspecified atom stereocenters. The Morgan fingerprint density at radius 3 is 2.66 bits per heavy atom. The summed E-state index contributed by atoms with van der Waals surface area (Å²) in [5, 5.41) is 22.5. The van der Waals surface area contributed by atoms with Gasteiger partial charge in [-0.15, -0.1) is 0 Å². The quantitative estimate of drug-likeness (QED) is 0.280. The van der Waals surface area contributed by atoms with Gasteiger partial charge in [0, 0.05) is 30.0 Å². The van der Waals surface area contributed by atoms with Crippen LogP contribution >= 0.6 is 11.5 Å². The van der Waals surface area contributed by atoms with Crippen LogP contribution in [-0.2, 0) is 15.8 Å². The van der Waals surface area contributed by atoms with Crippen molar-refractivity contribution in [2.75, 3.05) is 5.06 Å². The highest BCUT2D eigenvalue weighted by Gasteiger charge is 2.75. The lowest BCUT2D eigenvalue weighted by Gasteiger charge is -2.44. The number of aromatic amines is 4. The molecule has 0 aromatic carbocycles. The van der Waals surface area contributed by atoms with Gasteiger partial charge in [-0.25, -0.2) is 10.0 Å². The summed E-state index contributed by atoms with van der Waals surface area (Å²) in [6.45, 7) is 0. The van der Waals surface area contributed by atoms with Gasteiger partial charge in [-0.1, -0.05) is 0 Å². The van der Waals surface area contributed by atoms with Crippen molar-refractivity contribution in [2.24, 2.45) is 0 Å². The van der Waals surface area contributed by atoms with E-state index < -0.39 is 17.1 Å². The van der Waals surface area contributed by atoms with E-state index in [2.05, 4.69) is 40.6 Å². The van der Waals surface area contributed by atoms with E-state index in [4.69, 9.17) is 13.6 Å². The molecule has 7 rings (SSSR count). The van der Waals surface area contributed by atoms with Crippen molar-refractivity contribution in [2.45, 2.75) is 17.1 Å². The van der Waals surface area contributed by atoms with Crippen molar-refractivity contribution < 1.29 is 9.25 Å². The second-order valence-corrected chi connectivity index (χ2v) is 8.68. The van der Waals surface area contributed by atoms with Crippen LogP contribution in [0.25, 0.3) is 0 Å². The van der Waals surface area contributed by atoms with Crippen molar-refractivity contribution in [1.29, 1.82) is 0 Å². The first-order valence-corrected chi connectivity index (χ1v) is 11.6. The molecule has 4 N–H and O–H groups in total. The first-order chi connectivity index (χ1) is 17.4. The number of hydrogen-bond donors (Lipinski definition) is 4. The number of anilines is 1. The molecule has 3 atom stereocenters. The lowest BCUT2D eigenvalue weighted by molar-refractivity contribution is 0.0569. The molecule has 174 valence electrons. The van der Waals surface area contributed by atoms with Crippen LogP contribution in [0.1, 0.15) is 34.8 Å². The Morgan fingerprint density at radius 2 is 2.00 bits per heavy atom. The highest BCUT2D eigenvalue weighted by atomic mass is 32.1. The van der Waals surface area contributed by atoms with E-state index in [9.17, 15) is 0 Å². The third kappa shape index (κ3) is 2.50. The molecular weight excluding hydrogens is 468 g/mol. The van der Waals surface area contributed by atoms with Gasteiger partial charge >= 0.3 is 0 Å². The second-order valence-electron chi connectivity index (χ2n) is 8.02. The van der Waals surface area contributed by atoms with Gasteiger partial charge < -0.3 is 14.4 Å². The van der Waals surface area contributed by atoms with Gasteiger partial charge in [-0.05, 0) is 41.9 Å². The molecule has 1 fully saturated rings. The van der Waals surface area contributed by atoms with Crippen molar-refractivity contribution in [3.8, 4) is 0 Å². The molecule has 0 amide bonds. The molecule has 13 heteroatoms. The molecule has 0 radical (unpaired) electrons. The zero-order chi connectivity index (χ0) is 23.3. The van der Waals surface area contributed by atoms with Crippen molar-refractivity contribution in [3.63, 3.8) is 0 Å². The van der Waals surface area contributed by atoms with Crippen LogP contribution in [0.4, 0.5) is 5.82 Å². The Labute approximate surface area is 201 Å². The third-order valence-corrected chi connectivity index (χ3v) is 7.04. The van der Waals surface area contributed by atoms with Crippen LogP contribution in [0.2, 0.25) is 0 Å². The van der Waals surface area contributed by atoms with Crippen LogP contribution in [0.5, 0.6) is 0 Å². The monoisotopic (exact) mass is 486 g/mol. The molecule has 0 bridgehead atoms. The van der Waals surface area contributed by atoms with Gasteiger partial charge in [0.1, 0.15) is 28.5 Å². The number of aromatic nitrogens is 9. The number of rotatable bonds is 6. The third-order valence-electron chi connectivity index (χ3n) is 6.48. The van der Waals surface area contributed by atoms with E-state index in [-0.39, 0.29) is 0 Å². The fourth-order valence-corrected chi connectivity index (χ4v) is 5.82. The average molecular weight is 487 g/mol. The standard InChI is InChI=1S/C22H18N10O2S/c1-3-15(23-7-1)22(17-4-2-11-33-17)21(14-6-12-35-30-14,16-13-27-31-28-16)19(20-24-9-10-25-20)34-32(22)18-5-8-26-29-18/h1-13,19,23H,(H,24,25)(H,26,29)(H,27,28,31). The van der Waals surface area contributed by atoms with Gasteiger partial charge in [0.2, 0.25) is 0 Å². The summed E-state index contributed by atoms with van der Waals surface area (Å²) < 4.78 is 11.0. The topological polar surface area (TPSA) is 153 Å². The van der Waals surface area contributed by atoms with E-state index in [0.29, 0.717) is 28.8 Å². The summed E-state index contributed by atoms with van der Waals surface area (Å²) in [5.41, 5.74) is -0.226. The number of nitrogens with zero attached hydrogens (tertiary/aromatic N) is 6. The minimum Gasteiger partial charge on any atom is -0.466 e. The van der Waals surface area contributed by atoms with Gasteiger partial charge in [-0.3, -0.25) is 9.94 Å². The van der Waals surface area contributed by atoms with Gasteiger partial charge in [0.25, 0.3) is 0 Å². The minimum atomic E-state index is -1.19. The maximum absolute atomic E-state index is 6.85. The predicted octanol–water partition coefficient (Wildman–Crippen LogP) is 3.05. The van der Waals surface area contributed by atoms with Crippen molar-refractivity contribution >= 4 is 17.4 Å². The summed E-state index contributed by atoms with van der Waals surface area (Å²) in [4.78, 5) is 18.1. The zero-order valence-corrected chi connectivity index (χ0v) is 18.8. The number of imidazole rings is 1. The Hall–Kier alpha value is -4.49. The predicted molar refractivity (Wildman–Crippen MR) is 123 cm³/mol. The Balaban J connectivity index is 1.69. The molecule has 6 aromatic rings. The summed E-state index contributed by atoms with van der Waals surface area (Å²) in [6, 6.07) is 11.5. The largest absolute Gasteiger partial charge is 0.466 e. The second kappa shape index (κ2) is 7.51. The Kier molecular flexibility index (Phi) is 4.28. The fraction of sp³-hybridized carbons (Fsp3) is 0.136. The lowest BCUT2D eigenvalue weighted by Crippen LogP contribution is -2.57. The highest BCUT2D eigenvalue weighted by Crippen LogP contribution is 2.65. The van der Waals surface area contributed by atoms with E-state index in [1.54, 1.807) is 36.1 Å². The SMILES string of the molecule is c1c[nH]c(C2(c3ccco3)N(c3ccn[nH]3)OC(c3ncc[nH]3)C2(c2cn[nH]n2)c2ccsn2)c1. The molecule has 1 aliphatic rings. The lowest BCUT2D eigenvalue weighted by atomic mass is 9.59. The van der Waals surface area contributed by atoms with Gasteiger partial charge in [-0.2, -0.15) is 24.9 Å². The van der Waals surface area contributed by atoms with E-state index in [0.717, 1.165) is 5.69 Å². The van der Waals surface area contributed by atoms with Crippen LogP contribution in [0.15, 0.2) is 83.4 Å². The molecule has 6 aromatic heterocycles. The summed E-state index contributed by atoms with van der Waals surface area (Å²) >= 11 is 1.34. The zero-order valence-electron chi connectivity index (χ0n) is 18.0. The number of nitrogens with one attached hydrogen (secondary N) is 4. The van der Waals surface area contributed by atoms with Gasteiger partial charge in [0.15, 0.2) is 11.6 Å². The molecule has 7 heterocycles. The molecule has 35 heavy (non-hydrogen) atoms. The summed E-state index contributed by atoms with van der Waals surface area (Å²) in [6.07, 6.45) is 9.59. The maximum Gasteiger partial charge on any atom is 0.186 e. The van der Waals surface area contributed by atoms with Crippen LogP contribution < -0.4 is 5.06 Å². The van der Waals surface area contributed by atoms with E-state index >= 15 is 0 Å². The molecular formula is C22H18N10O2S. The molecule has 12 nitrogen and oxygen atoms in total. The first-order valence-electron chi connectivity index (χ1n) is 10.8. The maximum atomic E-state index is 6.85. The number of furan rings is 1. The molecule has 0 aliphatic carbocycles. The number of H-pyrrole nitrogens is 4. The average Bonchev–Trinajstić information content (AvgIpc) is 3.71. The Bertz CT molecular complexity index is 1290. The molecule has 1 aliphatic heterocycles. The number of hydroxylamine groups is 1. The molecule has 0 spiro atoms.